The lowest BCUT2D eigenvalue weighted by molar-refractivity contribution is -0.164. The molecule has 19 heavy (non-hydrogen) atoms. The molecule has 0 spiro atoms. The maximum atomic E-state index is 12.1. The smallest absolute Gasteiger partial charge is 0.237 e. The van der Waals surface area contributed by atoms with Crippen LogP contribution in [0.1, 0.15) is 19.4 Å². The predicted octanol–water partition coefficient (Wildman–Crippen LogP) is 1.83. The number of ether oxygens (including phenoxy) is 1. The minimum absolute atomic E-state index is 0.169. The standard InChI is InChI=1S/C15H21NO3/c1-11(2)7-12-3-5-13(6-4-12)16-14(18)15(8-17)9-19-10-15/h3-6,11,17H,7-10H2,1-2H3,(H,16,18). The summed E-state index contributed by atoms with van der Waals surface area (Å²) in [6.07, 6.45) is 1.03. The first-order valence-electron chi connectivity index (χ1n) is 6.65. The van der Waals surface area contributed by atoms with Crippen LogP contribution in [0, 0.1) is 11.3 Å². The van der Waals surface area contributed by atoms with E-state index in [1.54, 1.807) is 0 Å². The molecule has 0 bridgehead atoms. The van der Waals surface area contributed by atoms with Gasteiger partial charge in [0.05, 0.1) is 19.8 Å². The molecule has 0 aliphatic carbocycles. The molecule has 0 radical (unpaired) electrons. The zero-order valence-electron chi connectivity index (χ0n) is 11.5. The van der Waals surface area contributed by atoms with Crippen LogP contribution in [-0.4, -0.2) is 30.8 Å². The Bertz CT molecular complexity index is 430. The van der Waals surface area contributed by atoms with Crippen LogP contribution in [0.4, 0.5) is 5.69 Å². The van der Waals surface area contributed by atoms with Gasteiger partial charge < -0.3 is 15.2 Å². The molecule has 1 aliphatic rings. The van der Waals surface area contributed by atoms with Crippen LogP contribution in [-0.2, 0) is 16.0 Å². The third kappa shape index (κ3) is 3.14. The second-order valence-corrected chi connectivity index (χ2v) is 5.68. The number of hydrogen-bond acceptors (Lipinski definition) is 3. The fourth-order valence-corrected chi connectivity index (χ4v) is 2.10. The molecule has 1 saturated heterocycles. The lowest BCUT2D eigenvalue weighted by Gasteiger charge is -2.37. The molecule has 4 nitrogen and oxygen atoms in total. The van der Waals surface area contributed by atoms with Crippen molar-refractivity contribution in [2.75, 3.05) is 25.1 Å². The third-order valence-corrected chi connectivity index (χ3v) is 3.40. The molecule has 1 heterocycles. The van der Waals surface area contributed by atoms with Gasteiger partial charge in [-0.3, -0.25) is 4.79 Å². The minimum Gasteiger partial charge on any atom is -0.395 e. The van der Waals surface area contributed by atoms with Crippen molar-refractivity contribution in [3.8, 4) is 0 Å². The lowest BCUT2D eigenvalue weighted by atomic mass is 9.86. The first-order chi connectivity index (χ1) is 9.05. The van der Waals surface area contributed by atoms with Gasteiger partial charge in [-0.05, 0) is 30.0 Å². The number of anilines is 1. The van der Waals surface area contributed by atoms with Gasteiger partial charge in [-0.25, -0.2) is 0 Å². The Morgan fingerprint density at radius 1 is 1.37 bits per heavy atom. The molecule has 0 unspecified atom stereocenters. The Morgan fingerprint density at radius 2 is 2.00 bits per heavy atom. The van der Waals surface area contributed by atoms with Gasteiger partial charge in [-0.1, -0.05) is 26.0 Å². The van der Waals surface area contributed by atoms with Gasteiger partial charge in [0.2, 0.25) is 5.91 Å². The Balaban J connectivity index is 1.97. The third-order valence-electron chi connectivity index (χ3n) is 3.40. The normalized spacial score (nSPS) is 17.1. The van der Waals surface area contributed by atoms with Crippen molar-refractivity contribution in [3.63, 3.8) is 0 Å². The molecule has 1 amide bonds. The van der Waals surface area contributed by atoms with Gasteiger partial charge in [-0.15, -0.1) is 0 Å². The fourth-order valence-electron chi connectivity index (χ4n) is 2.10. The van der Waals surface area contributed by atoms with Gasteiger partial charge in [-0.2, -0.15) is 0 Å². The topological polar surface area (TPSA) is 58.6 Å². The van der Waals surface area contributed by atoms with Gasteiger partial charge in [0.15, 0.2) is 0 Å². The highest BCUT2D eigenvalue weighted by Crippen LogP contribution is 2.28. The van der Waals surface area contributed by atoms with E-state index in [2.05, 4.69) is 19.2 Å². The fraction of sp³-hybridized carbons (Fsp3) is 0.533. The van der Waals surface area contributed by atoms with Gasteiger partial charge in [0.25, 0.3) is 0 Å². The van der Waals surface area contributed by atoms with Crippen molar-refractivity contribution in [3.05, 3.63) is 29.8 Å². The van der Waals surface area contributed by atoms with E-state index < -0.39 is 5.41 Å². The van der Waals surface area contributed by atoms with Crippen LogP contribution in [0.2, 0.25) is 0 Å². The highest BCUT2D eigenvalue weighted by Gasteiger charge is 2.45. The van der Waals surface area contributed by atoms with E-state index >= 15 is 0 Å². The molecule has 1 fully saturated rings. The predicted molar refractivity (Wildman–Crippen MR) is 74.0 cm³/mol. The number of hydrogen-bond donors (Lipinski definition) is 2. The van der Waals surface area contributed by atoms with Crippen molar-refractivity contribution in [1.82, 2.24) is 0 Å². The summed E-state index contributed by atoms with van der Waals surface area (Å²) >= 11 is 0. The number of carbonyl (C=O) groups is 1. The Labute approximate surface area is 113 Å². The van der Waals surface area contributed by atoms with Crippen molar-refractivity contribution in [2.24, 2.45) is 11.3 Å². The van der Waals surface area contributed by atoms with E-state index in [4.69, 9.17) is 4.74 Å². The number of amides is 1. The molecule has 1 aromatic carbocycles. The number of benzene rings is 1. The van der Waals surface area contributed by atoms with Crippen LogP contribution in [0.3, 0.4) is 0 Å². The quantitative estimate of drug-likeness (QED) is 0.852. The maximum absolute atomic E-state index is 12.1. The van der Waals surface area contributed by atoms with Crippen LogP contribution >= 0.6 is 0 Å². The number of rotatable bonds is 5. The SMILES string of the molecule is CC(C)Cc1ccc(NC(=O)C2(CO)COC2)cc1. The second kappa shape index (κ2) is 5.72. The Hall–Kier alpha value is -1.39. The van der Waals surface area contributed by atoms with Gasteiger partial charge in [0, 0.05) is 5.69 Å². The molecule has 104 valence electrons. The molecule has 1 aliphatic heterocycles. The molecule has 1 aromatic rings. The van der Waals surface area contributed by atoms with E-state index in [0.717, 1.165) is 12.1 Å². The molecule has 2 N–H and O–H groups in total. The molecule has 0 saturated carbocycles. The summed E-state index contributed by atoms with van der Waals surface area (Å²) in [6, 6.07) is 7.86. The summed E-state index contributed by atoms with van der Waals surface area (Å²) in [6.45, 7) is 4.76. The lowest BCUT2D eigenvalue weighted by Crippen LogP contribution is -2.54. The summed E-state index contributed by atoms with van der Waals surface area (Å²) in [5.41, 5.74) is 1.27. The van der Waals surface area contributed by atoms with Crippen molar-refractivity contribution < 1.29 is 14.6 Å². The number of nitrogens with one attached hydrogen (secondary N) is 1. The number of carbonyl (C=O) groups excluding carboxylic acids is 1. The summed E-state index contributed by atoms with van der Waals surface area (Å²) in [4.78, 5) is 12.1. The highest BCUT2D eigenvalue weighted by atomic mass is 16.5. The van der Waals surface area contributed by atoms with E-state index in [-0.39, 0.29) is 12.5 Å². The van der Waals surface area contributed by atoms with Crippen LogP contribution in [0.5, 0.6) is 0 Å². The number of aliphatic hydroxyl groups is 1. The molecule has 0 atom stereocenters. The molecule has 0 aromatic heterocycles. The largest absolute Gasteiger partial charge is 0.395 e. The van der Waals surface area contributed by atoms with E-state index in [1.807, 2.05) is 24.3 Å². The summed E-state index contributed by atoms with van der Waals surface area (Å²) in [7, 11) is 0. The van der Waals surface area contributed by atoms with Crippen LogP contribution < -0.4 is 5.32 Å². The van der Waals surface area contributed by atoms with Crippen LogP contribution in [0.25, 0.3) is 0 Å². The van der Waals surface area contributed by atoms with E-state index in [1.165, 1.54) is 5.56 Å². The van der Waals surface area contributed by atoms with Gasteiger partial charge >= 0.3 is 0 Å². The second-order valence-electron chi connectivity index (χ2n) is 5.68. The van der Waals surface area contributed by atoms with Gasteiger partial charge in [0.1, 0.15) is 5.41 Å². The van der Waals surface area contributed by atoms with E-state index in [9.17, 15) is 9.90 Å². The Morgan fingerprint density at radius 3 is 2.42 bits per heavy atom. The van der Waals surface area contributed by atoms with Crippen LogP contribution in [0.15, 0.2) is 24.3 Å². The first-order valence-corrected chi connectivity index (χ1v) is 6.65. The summed E-state index contributed by atoms with van der Waals surface area (Å²) in [5.74, 6) is 0.447. The maximum Gasteiger partial charge on any atom is 0.237 e. The highest BCUT2D eigenvalue weighted by molar-refractivity contribution is 5.96. The first kappa shape index (κ1) is 14.0. The van der Waals surface area contributed by atoms with Crippen molar-refractivity contribution >= 4 is 11.6 Å². The molecular weight excluding hydrogens is 242 g/mol. The zero-order chi connectivity index (χ0) is 13.9. The molecule has 4 heteroatoms. The average molecular weight is 263 g/mol. The minimum atomic E-state index is -0.753. The zero-order valence-corrected chi connectivity index (χ0v) is 11.5. The summed E-state index contributed by atoms with van der Waals surface area (Å²) in [5, 5.41) is 12.1. The Kier molecular flexibility index (Phi) is 4.22. The molecular formula is C15H21NO3. The van der Waals surface area contributed by atoms with E-state index in [0.29, 0.717) is 19.1 Å². The number of aliphatic hydroxyl groups excluding tert-OH is 1. The average Bonchev–Trinajstić information content (AvgIpc) is 2.30. The monoisotopic (exact) mass is 263 g/mol. The molecule has 2 rings (SSSR count). The summed E-state index contributed by atoms with van der Waals surface area (Å²) < 4.78 is 5.03. The van der Waals surface area contributed by atoms with Crippen molar-refractivity contribution in [1.29, 1.82) is 0 Å². The van der Waals surface area contributed by atoms with Crippen molar-refractivity contribution in [2.45, 2.75) is 20.3 Å².